The number of nitrogens with one attached hydrogen (secondary N) is 2. The van der Waals surface area contributed by atoms with Crippen molar-refractivity contribution in [3.05, 3.63) is 35.9 Å². The number of amides is 1. The van der Waals surface area contributed by atoms with Gasteiger partial charge in [-0.15, -0.1) is 0 Å². The molecule has 1 aromatic rings. The van der Waals surface area contributed by atoms with Crippen LogP contribution < -0.4 is 10.6 Å². The smallest absolute Gasteiger partial charge is 0.221 e. The van der Waals surface area contributed by atoms with Gasteiger partial charge in [-0.2, -0.15) is 0 Å². The summed E-state index contributed by atoms with van der Waals surface area (Å²) in [4.78, 5) is 11.4. The molecule has 0 spiro atoms. The Morgan fingerprint density at radius 1 is 1.28 bits per heavy atom. The third-order valence-electron chi connectivity index (χ3n) is 2.73. The number of carbonyl (C=O) groups excluding carboxylic acids is 1. The first-order valence-electron chi connectivity index (χ1n) is 6.28. The van der Waals surface area contributed by atoms with Crippen LogP contribution in [0.4, 0.5) is 0 Å². The molecule has 1 atom stereocenters. The Morgan fingerprint density at radius 2 is 2.00 bits per heavy atom. The van der Waals surface area contributed by atoms with Crippen LogP contribution in [0.15, 0.2) is 30.3 Å². The first kappa shape index (κ1) is 14.7. The molecule has 1 aromatic carbocycles. The fraction of sp³-hybridized carbons (Fsp3) is 0.500. The van der Waals surface area contributed by atoms with E-state index >= 15 is 0 Å². The van der Waals surface area contributed by atoms with Gasteiger partial charge in [0.15, 0.2) is 0 Å². The summed E-state index contributed by atoms with van der Waals surface area (Å²) in [6.45, 7) is 3.90. The quantitative estimate of drug-likeness (QED) is 0.687. The number of hydrogen-bond donors (Lipinski definition) is 2. The van der Waals surface area contributed by atoms with Gasteiger partial charge >= 0.3 is 0 Å². The fourth-order valence-electron chi connectivity index (χ4n) is 1.64. The highest BCUT2D eigenvalue weighted by molar-refractivity contribution is 5.76. The lowest BCUT2D eigenvalue weighted by atomic mass is 10.1. The Kier molecular flexibility index (Phi) is 7.06. The maximum Gasteiger partial charge on any atom is 0.221 e. The summed E-state index contributed by atoms with van der Waals surface area (Å²) >= 11 is 0. The number of hydrogen-bond acceptors (Lipinski definition) is 3. The number of benzene rings is 1. The van der Waals surface area contributed by atoms with Crippen LogP contribution in [0, 0.1) is 0 Å². The van der Waals surface area contributed by atoms with E-state index in [1.807, 2.05) is 18.2 Å². The Labute approximate surface area is 109 Å². The minimum Gasteiger partial charge on any atom is -0.383 e. The molecule has 1 rings (SSSR count). The van der Waals surface area contributed by atoms with Gasteiger partial charge in [0, 0.05) is 32.7 Å². The van der Waals surface area contributed by atoms with Crippen LogP contribution in [0.25, 0.3) is 0 Å². The lowest BCUT2D eigenvalue weighted by molar-refractivity contribution is -0.121. The van der Waals surface area contributed by atoms with Crippen LogP contribution in [-0.2, 0) is 9.53 Å². The predicted molar refractivity (Wildman–Crippen MR) is 72.4 cm³/mol. The summed E-state index contributed by atoms with van der Waals surface area (Å²) in [5, 5.41) is 6.12. The van der Waals surface area contributed by atoms with E-state index in [0.29, 0.717) is 26.1 Å². The van der Waals surface area contributed by atoms with Crippen LogP contribution >= 0.6 is 0 Å². The van der Waals surface area contributed by atoms with Gasteiger partial charge in [-0.05, 0) is 12.5 Å². The molecule has 4 nitrogen and oxygen atoms in total. The van der Waals surface area contributed by atoms with Crippen molar-refractivity contribution in [3.63, 3.8) is 0 Å². The summed E-state index contributed by atoms with van der Waals surface area (Å²) in [5.41, 5.74) is 1.23. The average Bonchev–Trinajstić information content (AvgIpc) is 2.40. The molecule has 18 heavy (non-hydrogen) atoms. The summed E-state index contributed by atoms with van der Waals surface area (Å²) in [6.07, 6.45) is 0.487. The van der Waals surface area contributed by atoms with Crippen LogP contribution in [-0.4, -0.2) is 32.7 Å². The maximum absolute atomic E-state index is 11.4. The molecule has 0 aliphatic rings. The Morgan fingerprint density at radius 3 is 2.67 bits per heavy atom. The lowest BCUT2D eigenvalue weighted by Gasteiger charge is -2.13. The van der Waals surface area contributed by atoms with Crippen LogP contribution in [0.2, 0.25) is 0 Å². The molecule has 0 saturated carbocycles. The molecule has 0 aromatic heterocycles. The van der Waals surface area contributed by atoms with Crippen molar-refractivity contribution in [2.75, 3.05) is 26.8 Å². The highest BCUT2D eigenvalue weighted by Gasteiger charge is 2.05. The standard InChI is InChI=1S/C14H22N2O2/c1-12(13-6-4-3-5-7-13)15-9-8-14(17)16-10-11-18-2/h3-7,12,15H,8-11H2,1-2H3,(H,16,17). The van der Waals surface area contributed by atoms with E-state index in [-0.39, 0.29) is 11.9 Å². The summed E-state index contributed by atoms with van der Waals surface area (Å²) < 4.78 is 4.86. The minimum absolute atomic E-state index is 0.0554. The highest BCUT2D eigenvalue weighted by Crippen LogP contribution is 2.10. The van der Waals surface area contributed by atoms with Gasteiger partial charge in [-0.1, -0.05) is 30.3 Å². The summed E-state index contributed by atoms with van der Waals surface area (Å²) in [6, 6.07) is 10.5. The number of ether oxygens (including phenoxy) is 1. The van der Waals surface area contributed by atoms with Gasteiger partial charge in [0.1, 0.15) is 0 Å². The minimum atomic E-state index is 0.0554. The second kappa shape index (κ2) is 8.66. The monoisotopic (exact) mass is 250 g/mol. The zero-order chi connectivity index (χ0) is 13.2. The largest absolute Gasteiger partial charge is 0.383 e. The van der Waals surface area contributed by atoms with Crippen molar-refractivity contribution in [1.29, 1.82) is 0 Å². The van der Waals surface area contributed by atoms with Crippen molar-refractivity contribution in [1.82, 2.24) is 10.6 Å². The second-order valence-electron chi connectivity index (χ2n) is 4.18. The van der Waals surface area contributed by atoms with E-state index in [1.165, 1.54) is 5.56 Å². The van der Waals surface area contributed by atoms with E-state index in [1.54, 1.807) is 7.11 Å². The summed E-state index contributed by atoms with van der Waals surface area (Å²) in [7, 11) is 1.62. The van der Waals surface area contributed by atoms with Gasteiger partial charge in [-0.25, -0.2) is 0 Å². The molecule has 100 valence electrons. The molecule has 0 bridgehead atoms. The SMILES string of the molecule is COCCNC(=O)CCNC(C)c1ccccc1. The molecule has 4 heteroatoms. The van der Waals surface area contributed by atoms with Gasteiger partial charge in [-0.3, -0.25) is 4.79 Å². The topological polar surface area (TPSA) is 50.4 Å². The van der Waals surface area contributed by atoms with Crippen molar-refractivity contribution in [2.24, 2.45) is 0 Å². The lowest BCUT2D eigenvalue weighted by Crippen LogP contribution is -2.30. The van der Waals surface area contributed by atoms with E-state index in [9.17, 15) is 4.79 Å². The Bertz CT molecular complexity index is 341. The van der Waals surface area contributed by atoms with Gasteiger partial charge in [0.05, 0.1) is 6.61 Å². The molecule has 0 saturated heterocycles. The van der Waals surface area contributed by atoms with Crippen molar-refractivity contribution in [3.8, 4) is 0 Å². The van der Waals surface area contributed by atoms with Crippen LogP contribution in [0.3, 0.4) is 0 Å². The predicted octanol–water partition coefficient (Wildman–Crippen LogP) is 1.49. The van der Waals surface area contributed by atoms with Crippen molar-refractivity contribution < 1.29 is 9.53 Å². The first-order valence-corrected chi connectivity index (χ1v) is 6.28. The molecular weight excluding hydrogens is 228 g/mol. The molecule has 0 aliphatic heterocycles. The molecular formula is C14H22N2O2. The van der Waals surface area contributed by atoms with Crippen molar-refractivity contribution in [2.45, 2.75) is 19.4 Å². The summed E-state index contributed by atoms with van der Waals surface area (Å²) in [5.74, 6) is 0.0554. The maximum atomic E-state index is 11.4. The molecule has 1 amide bonds. The zero-order valence-corrected chi connectivity index (χ0v) is 11.1. The third-order valence-corrected chi connectivity index (χ3v) is 2.73. The van der Waals surface area contributed by atoms with Gasteiger partial charge in [0.25, 0.3) is 0 Å². The molecule has 0 heterocycles. The first-order chi connectivity index (χ1) is 8.74. The number of rotatable bonds is 8. The van der Waals surface area contributed by atoms with Gasteiger partial charge in [0.2, 0.25) is 5.91 Å². The molecule has 0 fully saturated rings. The average molecular weight is 250 g/mol. The Hall–Kier alpha value is -1.39. The van der Waals surface area contributed by atoms with E-state index in [0.717, 1.165) is 0 Å². The molecule has 0 radical (unpaired) electrons. The van der Waals surface area contributed by atoms with Crippen LogP contribution in [0.5, 0.6) is 0 Å². The van der Waals surface area contributed by atoms with E-state index in [2.05, 4.69) is 29.7 Å². The van der Waals surface area contributed by atoms with E-state index in [4.69, 9.17) is 4.74 Å². The number of methoxy groups -OCH3 is 1. The molecule has 1 unspecified atom stereocenters. The Balaban J connectivity index is 2.16. The fourth-order valence-corrected chi connectivity index (χ4v) is 1.64. The van der Waals surface area contributed by atoms with Gasteiger partial charge < -0.3 is 15.4 Å². The normalized spacial score (nSPS) is 12.1. The zero-order valence-electron chi connectivity index (χ0n) is 11.1. The van der Waals surface area contributed by atoms with E-state index < -0.39 is 0 Å². The molecule has 0 aliphatic carbocycles. The van der Waals surface area contributed by atoms with Crippen LogP contribution in [0.1, 0.15) is 24.9 Å². The molecule has 2 N–H and O–H groups in total. The number of carbonyl (C=O) groups is 1. The van der Waals surface area contributed by atoms with Crippen molar-refractivity contribution >= 4 is 5.91 Å². The second-order valence-corrected chi connectivity index (χ2v) is 4.18. The highest BCUT2D eigenvalue weighted by atomic mass is 16.5. The third kappa shape index (κ3) is 5.80.